The summed E-state index contributed by atoms with van der Waals surface area (Å²) in [6.45, 7) is 4.33. The summed E-state index contributed by atoms with van der Waals surface area (Å²) in [6, 6.07) is 0. The van der Waals surface area contributed by atoms with Gasteiger partial charge in [0.25, 0.3) is 0 Å². The van der Waals surface area contributed by atoms with Crippen molar-refractivity contribution in [2.24, 2.45) is 0 Å². The van der Waals surface area contributed by atoms with Crippen LogP contribution in [0.1, 0.15) is 92.3 Å². The van der Waals surface area contributed by atoms with E-state index in [-0.39, 0.29) is 31.0 Å². The molecule has 0 aromatic carbocycles. The van der Waals surface area contributed by atoms with Gasteiger partial charge in [-0.25, -0.2) is 0 Å². The molecular weight excluding hydrogens is 315 g/mol. The van der Waals surface area contributed by atoms with E-state index in [1.54, 1.807) is 0 Å². The zero-order valence-electron chi connectivity index (χ0n) is 15.5. The average Bonchev–Trinajstić information content (AvgIpc) is 2.35. The van der Waals surface area contributed by atoms with Crippen LogP contribution in [0.3, 0.4) is 0 Å². The fourth-order valence-corrected chi connectivity index (χ4v) is 2.04. The Balaban J connectivity index is -0.000000225. The molecule has 0 heterocycles. The Morgan fingerprint density at radius 2 is 1.14 bits per heavy atom. The fraction of sp³-hybridized carbons (Fsp3) is 0.933. The third-order valence-electron chi connectivity index (χ3n) is 3.09. The Bertz CT molecular complexity index is 329. The molecule has 0 aliphatic heterocycles. The molecular formula is C15H33NaO5S. The molecule has 0 fully saturated rings. The predicted octanol–water partition coefficient (Wildman–Crippen LogP) is 1.74. The first-order chi connectivity index (χ1) is 9.81. The van der Waals surface area contributed by atoms with Crippen LogP contribution in [0.15, 0.2) is 0 Å². The van der Waals surface area contributed by atoms with Gasteiger partial charge < -0.3 is 1.43 Å². The van der Waals surface area contributed by atoms with Gasteiger partial charge in [0, 0.05) is 12.8 Å². The number of rotatable bonds is 12. The van der Waals surface area contributed by atoms with Crippen LogP contribution in [-0.4, -0.2) is 23.3 Å². The van der Waals surface area contributed by atoms with Crippen molar-refractivity contribution in [2.45, 2.75) is 90.9 Å². The molecule has 5 nitrogen and oxygen atoms in total. The maximum absolute atomic E-state index is 11.3. The quantitative estimate of drug-likeness (QED) is 0.318. The summed E-state index contributed by atoms with van der Waals surface area (Å²) < 4.78 is 31.6. The van der Waals surface area contributed by atoms with Gasteiger partial charge in [-0.15, -0.1) is 0 Å². The molecule has 2 N–H and O–H groups in total. The van der Waals surface area contributed by atoms with Crippen LogP contribution >= 0.6 is 0 Å². The van der Waals surface area contributed by atoms with Gasteiger partial charge in [0.15, 0.2) is 0 Å². The Morgan fingerprint density at radius 1 is 0.773 bits per heavy atom. The van der Waals surface area contributed by atoms with Gasteiger partial charge in [-0.05, 0) is 12.8 Å². The topological polar surface area (TPSA) is 91.7 Å². The molecule has 0 aromatic heterocycles. The summed E-state index contributed by atoms with van der Waals surface area (Å²) in [4.78, 5) is 11.3. The molecule has 0 saturated heterocycles. The van der Waals surface area contributed by atoms with Gasteiger partial charge in [0.1, 0.15) is 5.78 Å². The van der Waals surface area contributed by atoms with Gasteiger partial charge in [-0.2, -0.15) is 8.42 Å². The van der Waals surface area contributed by atoms with Crippen LogP contribution in [0, 0.1) is 0 Å². The standard InChI is InChI=1S/C15H30O.Na.H2O4S.H/c1-3-5-6-7-8-9-10-11-12-14-15(16)13-4-2;;1-5(2,3)4;/h3-14H2,1-2H3;;(H2,1,2,3,4);/q;+1;;-1. The van der Waals surface area contributed by atoms with Crippen molar-refractivity contribution >= 4 is 16.2 Å². The second kappa shape index (κ2) is 19.6. The number of ketones is 1. The maximum atomic E-state index is 11.3. The summed E-state index contributed by atoms with van der Waals surface area (Å²) in [5.74, 6) is 0.463. The van der Waals surface area contributed by atoms with E-state index in [4.69, 9.17) is 17.5 Å². The van der Waals surface area contributed by atoms with Crippen molar-refractivity contribution in [1.29, 1.82) is 0 Å². The Hall–Kier alpha value is 0.540. The first kappa shape index (κ1) is 27.4. The summed E-state index contributed by atoms with van der Waals surface area (Å²) in [5.41, 5.74) is 0. The Kier molecular flexibility index (Phi) is 24.4. The molecule has 0 amide bonds. The van der Waals surface area contributed by atoms with E-state index in [0.717, 1.165) is 25.7 Å². The fourth-order valence-electron chi connectivity index (χ4n) is 2.04. The van der Waals surface area contributed by atoms with Crippen LogP contribution in [0.2, 0.25) is 0 Å². The van der Waals surface area contributed by atoms with Gasteiger partial charge >= 0.3 is 40.0 Å². The smallest absolute Gasteiger partial charge is 1.00 e. The minimum absolute atomic E-state index is 0. The summed E-state index contributed by atoms with van der Waals surface area (Å²) in [7, 11) is -4.67. The molecule has 0 bridgehead atoms. The zero-order chi connectivity index (χ0) is 16.6. The van der Waals surface area contributed by atoms with Gasteiger partial charge in [-0.1, -0.05) is 65.2 Å². The molecule has 0 aliphatic carbocycles. The predicted molar refractivity (Wildman–Crippen MR) is 87.0 cm³/mol. The van der Waals surface area contributed by atoms with E-state index >= 15 is 0 Å². The van der Waals surface area contributed by atoms with E-state index in [2.05, 4.69) is 13.8 Å². The van der Waals surface area contributed by atoms with Gasteiger partial charge in [0.2, 0.25) is 0 Å². The van der Waals surface area contributed by atoms with Crippen molar-refractivity contribution in [3.63, 3.8) is 0 Å². The number of carbonyl (C=O) groups excluding carboxylic acids is 1. The SMILES string of the molecule is CCCCCCCCCCCC(=O)CCC.O=S(=O)(O)O.[H-].[Na+]. The van der Waals surface area contributed by atoms with Crippen LogP contribution in [-0.2, 0) is 15.2 Å². The van der Waals surface area contributed by atoms with E-state index in [9.17, 15) is 4.79 Å². The molecule has 0 rings (SSSR count). The van der Waals surface area contributed by atoms with E-state index in [1.807, 2.05) is 0 Å². The molecule has 130 valence electrons. The number of hydrogen-bond donors (Lipinski definition) is 2. The van der Waals surface area contributed by atoms with Crippen LogP contribution in [0.4, 0.5) is 0 Å². The second-order valence-corrected chi connectivity index (χ2v) is 6.21. The number of carbonyl (C=O) groups is 1. The van der Waals surface area contributed by atoms with Crippen molar-refractivity contribution in [1.82, 2.24) is 0 Å². The first-order valence-corrected chi connectivity index (χ1v) is 9.42. The molecule has 0 radical (unpaired) electrons. The average molecular weight is 348 g/mol. The van der Waals surface area contributed by atoms with Gasteiger partial charge in [0.05, 0.1) is 0 Å². The second-order valence-electron chi connectivity index (χ2n) is 5.31. The third-order valence-corrected chi connectivity index (χ3v) is 3.09. The molecule has 0 unspecified atom stereocenters. The monoisotopic (exact) mass is 348 g/mol. The molecule has 0 aliphatic rings. The third kappa shape index (κ3) is 37.1. The van der Waals surface area contributed by atoms with Crippen LogP contribution < -0.4 is 29.6 Å². The number of hydrogen-bond acceptors (Lipinski definition) is 3. The largest absolute Gasteiger partial charge is 1.00 e. The normalized spacial score (nSPS) is 10.4. The molecule has 0 spiro atoms. The van der Waals surface area contributed by atoms with E-state index in [1.165, 1.54) is 51.4 Å². The Labute approximate surface area is 160 Å². The zero-order valence-corrected chi connectivity index (χ0v) is 17.3. The minimum Gasteiger partial charge on any atom is -1.00 e. The van der Waals surface area contributed by atoms with Crippen LogP contribution in [0.5, 0.6) is 0 Å². The molecule has 0 atom stereocenters. The van der Waals surface area contributed by atoms with Crippen molar-refractivity contribution in [3.05, 3.63) is 0 Å². The number of unbranched alkanes of at least 4 members (excludes halogenated alkanes) is 8. The Morgan fingerprint density at radius 3 is 1.50 bits per heavy atom. The van der Waals surface area contributed by atoms with Crippen molar-refractivity contribution in [2.75, 3.05) is 0 Å². The van der Waals surface area contributed by atoms with E-state index in [0.29, 0.717) is 5.78 Å². The first-order valence-electron chi connectivity index (χ1n) is 8.02. The summed E-state index contributed by atoms with van der Waals surface area (Å²) in [5, 5.41) is 0. The van der Waals surface area contributed by atoms with E-state index < -0.39 is 10.4 Å². The number of Topliss-reactive ketones (excluding diaryl/α,β-unsaturated/α-hetero) is 1. The van der Waals surface area contributed by atoms with Crippen molar-refractivity contribution < 1.29 is 53.3 Å². The molecule has 22 heavy (non-hydrogen) atoms. The summed E-state index contributed by atoms with van der Waals surface area (Å²) >= 11 is 0. The van der Waals surface area contributed by atoms with Crippen LogP contribution in [0.25, 0.3) is 0 Å². The van der Waals surface area contributed by atoms with Gasteiger partial charge in [-0.3, -0.25) is 13.9 Å². The molecule has 0 saturated carbocycles. The van der Waals surface area contributed by atoms with Crippen molar-refractivity contribution in [3.8, 4) is 0 Å². The molecule has 7 heteroatoms. The summed E-state index contributed by atoms with van der Waals surface area (Å²) in [6.07, 6.45) is 14.6. The molecule has 0 aromatic rings. The maximum Gasteiger partial charge on any atom is 1.00 e. The minimum atomic E-state index is -4.67.